The summed E-state index contributed by atoms with van der Waals surface area (Å²) in [5.74, 6) is 0.797. The lowest BCUT2D eigenvalue weighted by Crippen LogP contribution is -2.36. The Morgan fingerprint density at radius 2 is 1.95 bits per heavy atom. The molecule has 0 saturated heterocycles. The lowest BCUT2D eigenvalue weighted by molar-refractivity contribution is -0.00985. The monoisotopic (exact) mass is 300 g/mol. The average molecular weight is 301 g/mol. The third-order valence-corrected chi connectivity index (χ3v) is 4.85. The number of benzene rings is 1. The van der Waals surface area contributed by atoms with Gasteiger partial charge in [-0.3, -0.25) is 0 Å². The molecule has 1 aromatic rings. The third kappa shape index (κ3) is 4.11. The molecular weight excluding hydrogens is 279 g/mol. The zero-order valence-corrected chi connectivity index (χ0v) is 13.0. The fraction of sp³-hybridized carbons (Fsp3) is 0.625. The quantitative estimate of drug-likeness (QED) is 0.804. The van der Waals surface area contributed by atoms with E-state index in [1.807, 2.05) is 12.1 Å². The second-order valence-corrected chi connectivity index (χ2v) is 6.71. The van der Waals surface area contributed by atoms with Crippen LogP contribution in [0.3, 0.4) is 0 Å². The number of hydrogen-bond acceptors (Lipinski definition) is 1. The lowest BCUT2D eigenvalue weighted by atomic mass is 9.75. The van der Waals surface area contributed by atoms with E-state index in [9.17, 15) is 5.11 Å². The zero-order chi connectivity index (χ0) is 13.9. The molecular formula is C16H22Cl2O. The maximum absolute atomic E-state index is 10.7. The van der Waals surface area contributed by atoms with E-state index < -0.39 is 5.60 Å². The molecule has 0 amide bonds. The molecule has 1 fully saturated rings. The highest BCUT2D eigenvalue weighted by Crippen LogP contribution is 2.37. The SMILES string of the molecule is CCCC1CCC(O)(Cc2ccc(Cl)cc2Cl)CC1. The summed E-state index contributed by atoms with van der Waals surface area (Å²) in [6.45, 7) is 2.23. The summed E-state index contributed by atoms with van der Waals surface area (Å²) in [4.78, 5) is 0. The van der Waals surface area contributed by atoms with Gasteiger partial charge in [-0.25, -0.2) is 0 Å². The first kappa shape index (κ1) is 15.2. The Kier molecular flexibility index (Phi) is 5.16. The Morgan fingerprint density at radius 3 is 2.53 bits per heavy atom. The number of aliphatic hydroxyl groups is 1. The maximum Gasteiger partial charge on any atom is 0.0688 e. The normalized spacial score (nSPS) is 27.5. The molecule has 1 aliphatic rings. The fourth-order valence-corrected chi connectivity index (χ4v) is 3.58. The molecule has 1 aliphatic carbocycles. The van der Waals surface area contributed by atoms with Crippen molar-refractivity contribution >= 4 is 23.2 Å². The van der Waals surface area contributed by atoms with Crippen molar-refractivity contribution < 1.29 is 5.11 Å². The van der Waals surface area contributed by atoms with Crippen molar-refractivity contribution in [3.63, 3.8) is 0 Å². The van der Waals surface area contributed by atoms with Crippen molar-refractivity contribution in [3.05, 3.63) is 33.8 Å². The van der Waals surface area contributed by atoms with Gasteiger partial charge in [0, 0.05) is 16.5 Å². The van der Waals surface area contributed by atoms with E-state index in [4.69, 9.17) is 23.2 Å². The summed E-state index contributed by atoms with van der Waals surface area (Å²) in [7, 11) is 0. The molecule has 0 spiro atoms. The van der Waals surface area contributed by atoms with Crippen LogP contribution in [0.1, 0.15) is 51.0 Å². The van der Waals surface area contributed by atoms with Gasteiger partial charge in [0.2, 0.25) is 0 Å². The number of rotatable bonds is 4. The Labute approximate surface area is 125 Å². The van der Waals surface area contributed by atoms with Crippen LogP contribution in [0.2, 0.25) is 10.0 Å². The van der Waals surface area contributed by atoms with Gasteiger partial charge in [0.1, 0.15) is 0 Å². The molecule has 0 heterocycles. The molecule has 1 saturated carbocycles. The van der Waals surface area contributed by atoms with Gasteiger partial charge >= 0.3 is 0 Å². The molecule has 1 aromatic carbocycles. The van der Waals surface area contributed by atoms with E-state index in [-0.39, 0.29) is 0 Å². The van der Waals surface area contributed by atoms with E-state index in [0.717, 1.165) is 37.2 Å². The Hall–Kier alpha value is -0.240. The van der Waals surface area contributed by atoms with Crippen LogP contribution in [-0.2, 0) is 6.42 Å². The summed E-state index contributed by atoms with van der Waals surface area (Å²) in [5, 5.41) is 12.0. The van der Waals surface area contributed by atoms with Crippen molar-refractivity contribution in [1.29, 1.82) is 0 Å². The van der Waals surface area contributed by atoms with Gasteiger partial charge in [-0.1, -0.05) is 49.0 Å². The standard InChI is InChI=1S/C16H22Cl2O/c1-2-3-12-6-8-16(19,9-7-12)11-13-4-5-14(17)10-15(13)18/h4-5,10,12,19H,2-3,6-9,11H2,1H3. The summed E-state index contributed by atoms with van der Waals surface area (Å²) >= 11 is 12.1. The summed E-state index contributed by atoms with van der Waals surface area (Å²) < 4.78 is 0. The molecule has 2 rings (SSSR count). The molecule has 19 heavy (non-hydrogen) atoms. The van der Waals surface area contributed by atoms with Crippen molar-refractivity contribution in [2.75, 3.05) is 0 Å². The topological polar surface area (TPSA) is 20.2 Å². The molecule has 0 aliphatic heterocycles. The van der Waals surface area contributed by atoms with Gasteiger partial charge < -0.3 is 5.11 Å². The van der Waals surface area contributed by atoms with Gasteiger partial charge in [0.05, 0.1) is 5.60 Å². The molecule has 0 radical (unpaired) electrons. The summed E-state index contributed by atoms with van der Waals surface area (Å²) in [5.41, 5.74) is 0.421. The van der Waals surface area contributed by atoms with Gasteiger partial charge in [0.25, 0.3) is 0 Å². The number of halogens is 2. The Bertz CT molecular complexity index is 423. The van der Waals surface area contributed by atoms with E-state index in [2.05, 4.69) is 6.92 Å². The highest BCUT2D eigenvalue weighted by molar-refractivity contribution is 6.35. The van der Waals surface area contributed by atoms with Gasteiger partial charge in [-0.15, -0.1) is 0 Å². The van der Waals surface area contributed by atoms with E-state index in [1.165, 1.54) is 12.8 Å². The first-order valence-electron chi connectivity index (χ1n) is 7.19. The van der Waals surface area contributed by atoms with Gasteiger partial charge in [-0.2, -0.15) is 0 Å². The van der Waals surface area contributed by atoms with Crippen LogP contribution < -0.4 is 0 Å². The van der Waals surface area contributed by atoms with Crippen LogP contribution in [0.15, 0.2) is 18.2 Å². The smallest absolute Gasteiger partial charge is 0.0688 e. The average Bonchev–Trinajstić information content (AvgIpc) is 2.36. The minimum absolute atomic E-state index is 0.582. The minimum atomic E-state index is -0.582. The highest BCUT2D eigenvalue weighted by Gasteiger charge is 2.33. The maximum atomic E-state index is 10.7. The van der Waals surface area contributed by atoms with Gasteiger partial charge in [-0.05, 0) is 49.3 Å². The molecule has 0 aromatic heterocycles. The van der Waals surface area contributed by atoms with Crippen LogP contribution >= 0.6 is 23.2 Å². The van der Waals surface area contributed by atoms with Crippen molar-refractivity contribution in [2.24, 2.45) is 5.92 Å². The van der Waals surface area contributed by atoms with Crippen LogP contribution in [0.25, 0.3) is 0 Å². The lowest BCUT2D eigenvalue weighted by Gasteiger charge is -2.36. The van der Waals surface area contributed by atoms with Gasteiger partial charge in [0.15, 0.2) is 0 Å². The number of hydrogen-bond donors (Lipinski definition) is 1. The minimum Gasteiger partial charge on any atom is -0.390 e. The van der Waals surface area contributed by atoms with Crippen LogP contribution in [0, 0.1) is 5.92 Å². The van der Waals surface area contributed by atoms with E-state index in [0.29, 0.717) is 16.5 Å². The molecule has 1 nitrogen and oxygen atoms in total. The van der Waals surface area contributed by atoms with Crippen molar-refractivity contribution in [1.82, 2.24) is 0 Å². The fourth-order valence-electron chi connectivity index (χ4n) is 3.11. The van der Waals surface area contributed by atoms with Crippen molar-refractivity contribution in [2.45, 2.75) is 57.5 Å². The molecule has 1 N–H and O–H groups in total. The summed E-state index contributed by atoms with van der Waals surface area (Å²) in [6.07, 6.45) is 7.21. The highest BCUT2D eigenvalue weighted by atomic mass is 35.5. The predicted molar refractivity (Wildman–Crippen MR) is 82.0 cm³/mol. The van der Waals surface area contributed by atoms with Crippen LogP contribution in [0.5, 0.6) is 0 Å². The largest absolute Gasteiger partial charge is 0.390 e. The second-order valence-electron chi connectivity index (χ2n) is 5.87. The van der Waals surface area contributed by atoms with Crippen LogP contribution in [-0.4, -0.2) is 10.7 Å². The Balaban J connectivity index is 1.99. The molecule has 0 bridgehead atoms. The first-order valence-corrected chi connectivity index (χ1v) is 7.94. The Morgan fingerprint density at radius 1 is 1.26 bits per heavy atom. The molecule has 106 valence electrons. The van der Waals surface area contributed by atoms with Crippen molar-refractivity contribution in [3.8, 4) is 0 Å². The molecule has 3 heteroatoms. The second kappa shape index (κ2) is 6.47. The summed E-state index contributed by atoms with van der Waals surface area (Å²) in [6, 6.07) is 5.53. The third-order valence-electron chi connectivity index (χ3n) is 4.27. The first-order chi connectivity index (χ1) is 9.02. The van der Waals surface area contributed by atoms with E-state index >= 15 is 0 Å². The van der Waals surface area contributed by atoms with Crippen LogP contribution in [0.4, 0.5) is 0 Å². The molecule has 0 unspecified atom stereocenters. The zero-order valence-electron chi connectivity index (χ0n) is 11.5. The van der Waals surface area contributed by atoms with E-state index in [1.54, 1.807) is 6.07 Å². The predicted octanol–water partition coefficient (Wildman–Crippen LogP) is 5.26. The molecule has 0 atom stereocenters.